The van der Waals surface area contributed by atoms with Crippen LogP contribution in [0.3, 0.4) is 0 Å². The van der Waals surface area contributed by atoms with Crippen molar-refractivity contribution >= 4 is 40.5 Å². The van der Waals surface area contributed by atoms with E-state index in [2.05, 4.69) is 12.2 Å². The fourth-order valence-corrected chi connectivity index (χ4v) is 1.91. The van der Waals surface area contributed by atoms with Crippen molar-refractivity contribution in [1.82, 2.24) is 0 Å². The molecule has 0 aliphatic heterocycles. The molecule has 0 heterocycles. The molecule has 0 unspecified atom stereocenters. The van der Waals surface area contributed by atoms with Gasteiger partial charge >= 0.3 is 0 Å². The fourth-order valence-electron chi connectivity index (χ4n) is 0.961. The molecule has 0 saturated heterocycles. The van der Waals surface area contributed by atoms with Gasteiger partial charge in [0.25, 0.3) is 0 Å². The Kier molecular flexibility index (Phi) is 4.17. The molecule has 1 aromatic rings. The van der Waals surface area contributed by atoms with Crippen LogP contribution in [0, 0.1) is 0 Å². The summed E-state index contributed by atoms with van der Waals surface area (Å²) in [5.74, 6) is 0. The number of hydrogen-bond donors (Lipinski definition) is 1. The molecule has 0 atom stereocenters. The van der Waals surface area contributed by atoms with Crippen LogP contribution in [0.4, 0.5) is 5.69 Å². The molecule has 0 radical (unpaired) electrons. The number of rotatable bonds is 3. The zero-order valence-electron chi connectivity index (χ0n) is 7.20. The van der Waals surface area contributed by atoms with E-state index in [4.69, 9.17) is 34.8 Å². The Bertz CT molecular complexity index is 276. The first-order valence-corrected chi connectivity index (χ1v) is 5.17. The van der Waals surface area contributed by atoms with Gasteiger partial charge in [0.05, 0.1) is 15.7 Å². The van der Waals surface area contributed by atoms with E-state index in [0.29, 0.717) is 15.1 Å². The van der Waals surface area contributed by atoms with Crippen molar-refractivity contribution in [3.05, 3.63) is 27.2 Å². The minimum Gasteiger partial charge on any atom is -0.383 e. The van der Waals surface area contributed by atoms with Crippen molar-refractivity contribution < 1.29 is 0 Å². The Morgan fingerprint density at radius 2 is 1.69 bits per heavy atom. The van der Waals surface area contributed by atoms with Gasteiger partial charge in [0.15, 0.2) is 0 Å². The standard InChI is InChI=1S/C9H10Cl3N/c1-2-3-13-9-7(11)4-6(10)5-8(9)12/h4-5,13H,2-3H2,1H3. The molecule has 1 rings (SSSR count). The van der Waals surface area contributed by atoms with Gasteiger partial charge < -0.3 is 5.32 Å². The SMILES string of the molecule is CCCNc1c(Cl)cc(Cl)cc1Cl. The average Bonchev–Trinajstić information content (AvgIpc) is 2.02. The van der Waals surface area contributed by atoms with Crippen LogP contribution in [0.25, 0.3) is 0 Å². The molecule has 0 aromatic heterocycles. The van der Waals surface area contributed by atoms with Crippen LogP contribution in [-0.2, 0) is 0 Å². The van der Waals surface area contributed by atoms with Crippen molar-refractivity contribution in [2.24, 2.45) is 0 Å². The lowest BCUT2D eigenvalue weighted by atomic mass is 10.3. The molecule has 0 aliphatic rings. The van der Waals surface area contributed by atoms with Crippen molar-refractivity contribution in [1.29, 1.82) is 0 Å². The molecule has 0 saturated carbocycles. The summed E-state index contributed by atoms with van der Waals surface area (Å²) < 4.78 is 0. The van der Waals surface area contributed by atoms with Gasteiger partial charge in [0, 0.05) is 11.6 Å². The van der Waals surface area contributed by atoms with Crippen LogP contribution >= 0.6 is 34.8 Å². The molecule has 1 nitrogen and oxygen atoms in total. The van der Waals surface area contributed by atoms with E-state index in [1.54, 1.807) is 12.1 Å². The predicted octanol–water partition coefficient (Wildman–Crippen LogP) is 4.47. The molecule has 1 N–H and O–H groups in total. The summed E-state index contributed by atoms with van der Waals surface area (Å²) in [6.07, 6.45) is 1.02. The number of nitrogens with one attached hydrogen (secondary N) is 1. The molecule has 0 amide bonds. The maximum absolute atomic E-state index is 5.94. The van der Waals surface area contributed by atoms with Crippen LogP contribution < -0.4 is 5.32 Å². The highest BCUT2D eigenvalue weighted by Gasteiger charge is 2.05. The maximum atomic E-state index is 5.94. The number of benzene rings is 1. The molecule has 1 aromatic carbocycles. The quantitative estimate of drug-likeness (QED) is 0.819. The fraction of sp³-hybridized carbons (Fsp3) is 0.333. The molecule has 13 heavy (non-hydrogen) atoms. The second-order valence-electron chi connectivity index (χ2n) is 2.67. The molecule has 72 valence electrons. The molecule has 0 spiro atoms. The third kappa shape index (κ3) is 2.94. The predicted molar refractivity (Wildman–Crippen MR) is 60.3 cm³/mol. The van der Waals surface area contributed by atoms with Gasteiger partial charge in [0.2, 0.25) is 0 Å². The molecule has 4 heteroatoms. The average molecular weight is 239 g/mol. The van der Waals surface area contributed by atoms with Crippen molar-refractivity contribution in [2.45, 2.75) is 13.3 Å². The first kappa shape index (κ1) is 11.0. The third-order valence-corrected chi connectivity index (χ3v) is 2.37. The lowest BCUT2D eigenvalue weighted by Gasteiger charge is -2.09. The summed E-state index contributed by atoms with van der Waals surface area (Å²) in [4.78, 5) is 0. The van der Waals surface area contributed by atoms with E-state index in [-0.39, 0.29) is 0 Å². The Balaban J connectivity index is 2.92. The maximum Gasteiger partial charge on any atom is 0.0720 e. The molecule has 0 aliphatic carbocycles. The van der Waals surface area contributed by atoms with Crippen LogP contribution in [0.1, 0.15) is 13.3 Å². The van der Waals surface area contributed by atoms with Gasteiger partial charge in [-0.3, -0.25) is 0 Å². The van der Waals surface area contributed by atoms with Crippen LogP contribution in [-0.4, -0.2) is 6.54 Å². The van der Waals surface area contributed by atoms with Crippen molar-refractivity contribution in [3.63, 3.8) is 0 Å². The highest BCUT2D eigenvalue weighted by Crippen LogP contribution is 2.33. The topological polar surface area (TPSA) is 12.0 Å². The highest BCUT2D eigenvalue weighted by atomic mass is 35.5. The molecular formula is C9H10Cl3N. The summed E-state index contributed by atoms with van der Waals surface area (Å²) in [6, 6.07) is 3.35. The number of hydrogen-bond acceptors (Lipinski definition) is 1. The monoisotopic (exact) mass is 237 g/mol. The Hall–Kier alpha value is -0.110. The smallest absolute Gasteiger partial charge is 0.0720 e. The van der Waals surface area contributed by atoms with Crippen molar-refractivity contribution in [2.75, 3.05) is 11.9 Å². The van der Waals surface area contributed by atoms with E-state index < -0.39 is 0 Å². The lowest BCUT2D eigenvalue weighted by molar-refractivity contribution is 0.980. The summed E-state index contributed by atoms with van der Waals surface area (Å²) in [7, 11) is 0. The van der Waals surface area contributed by atoms with E-state index >= 15 is 0 Å². The van der Waals surface area contributed by atoms with E-state index in [9.17, 15) is 0 Å². The third-order valence-electron chi connectivity index (χ3n) is 1.56. The van der Waals surface area contributed by atoms with E-state index in [1.807, 2.05) is 0 Å². The Morgan fingerprint density at radius 3 is 2.15 bits per heavy atom. The van der Waals surface area contributed by atoms with Crippen molar-refractivity contribution in [3.8, 4) is 0 Å². The number of anilines is 1. The normalized spacial score (nSPS) is 10.2. The highest BCUT2D eigenvalue weighted by molar-refractivity contribution is 6.41. The summed E-state index contributed by atoms with van der Waals surface area (Å²) in [6.45, 7) is 2.92. The van der Waals surface area contributed by atoms with Crippen LogP contribution in [0.5, 0.6) is 0 Å². The largest absolute Gasteiger partial charge is 0.383 e. The van der Waals surface area contributed by atoms with Gasteiger partial charge in [-0.05, 0) is 18.6 Å². The Morgan fingerprint density at radius 1 is 1.15 bits per heavy atom. The molecule has 0 fully saturated rings. The zero-order valence-corrected chi connectivity index (χ0v) is 9.47. The lowest BCUT2D eigenvalue weighted by Crippen LogP contribution is -2.00. The van der Waals surface area contributed by atoms with Gasteiger partial charge in [-0.1, -0.05) is 41.7 Å². The van der Waals surface area contributed by atoms with Crippen LogP contribution in [0.2, 0.25) is 15.1 Å². The van der Waals surface area contributed by atoms with Crippen LogP contribution in [0.15, 0.2) is 12.1 Å². The first-order chi connectivity index (χ1) is 6.15. The van der Waals surface area contributed by atoms with Gasteiger partial charge in [-0.15, -0.1) is 0 Å². The molecular weight excluding hydrogens is 228 g/mol. The second-order valence-corrected chi connectivity index (χ2v) is 3.92. The summed E-state index contributed by atoms with van der Waals surface area (Å²) in [5.41, 5.74) is 0.759. The van der Waals surface area contributed by atoms with Gasteiger partial charge in [-0.2, -0.15) is 0 Å². The summed E-state index contributed by atoms with van der Waals surface area (Å²) >= 11 is 17.6. The van der Waals surface area contributed by atoms with E-state index in [1.165, 1.54) is 0 Å². The Labute approximate surface area is 93.0 Å². The summed E-state index contributed by atoms with van der Waals surface area (Å²) in [5, 5.41) is 4.81. The van der Waals surface area contributed by atoms with E-state index in [0.717, 1.165) is 18.7 Å². The zero-order chi connectivity index (χ0) is 9.84. The van der Waals surface area contributed by atoms with Gasteiger partial charge in [0.1, 0.15) is 0 Å². The second kappa shape index (κ2) is 4.94. The minimum absolute atomic E-state index is 0.553. The number of halogens is 3. The molecule has 0 bridgehead atoms. The minimum atomic E-state index is 0.553. The first-order valence-electron chi connectivity index (χ1n) is 4.03. The van der Waals surface area contributed by atoms with Gasteiger partial charge in [-0.25, -0.2) is 0 Å².